The molecule has 0 bridgehead atoms. The number of benzene rings is 2. The number of nitrogens with zero attached hydrogens (tertiary/aromatic N) is 1. The second-order valence-corrected chi connectivity index (χ2v) is 6.90. The first-order valence-electron chi connectivity index (χ1n) is 8.93. The van der Waals surface area contributed by atoms with Gasteiger partial charge in [-0.15, -0.1) is 0 Å². The summed E-state index contributed by atoms with van der Waals surface area (Å²) in [6.45, 7) is 4.71. The van der Waals surface area contributed by atoms with Crippen molar-refractivity contribution in [2.24, 2.45) is 11.7 Å². The third-order valence-electron chi connectivity index (χ3n) is 4.13. The van der Waals surface area contributed by atoms with Crippen molar-refractivity contribution in [2.75, 3.05) is 12.3 Å². The number of anilines is 1. The molecule has 1 aromatic heterocycles. The zero-order valence-corrected chi connectivity index (χ0v) is 15.8. The van der Waals surface area contributed by atoms with Crippen molar-refractivity contribution in [3.63, 3.8) is 0 Å². The summed E-state index contributed by atoms with van der Waals surface area (Å²) in [5.74, 6) is 0.919. The number of nitrogens with two attached hydrogens (primary N) is 2. The number of nitrogen functional groups attached to an aromatic ring is 2. The number of ether oxygens (including phenoxy) is 1. The number of amidine groups is 1. The minimum atomic E-state index is -0.479. The Balaban J connectivity index is 2.08. The Morgan fingerprint density at radius 1 is 1.21 bits per heavy atom. The molecule has 0 fully saturated rings. The highest BCUT2D eigenvalue weighted by Gasteiger charge is 2.12. The molecule has 0 atom stereocenters. The topological polar surface area (TPSA) is 131 Å². The fraction of sp³-hybridized carbons (Fsp3) is 0.190. The van der Waals surface area contributed by atoms with Crippen molar-refractivity contribution >= 4 is 11.5 Å². The maximum absolute atomic E-state index is 12.2. The second-order valence-electron chi connectivity index (χ2n) is 6.90. The predicted molar refractivity (Wildman–Crippen MR) is 111 cm³/mol. The molecular weight excluding hydrogens is 354 g/mol. The second kappa shape index (κ2) is 7.96. The summed E-state index contributed by atoms with van der Waals surface area (Å²) in [7, 11) is 0. The summed E-state index contributed by atoms with van der Waals surface area (Å²) >= 11 is 0. The Morgan fingerprint density at radius 2 is 1.96 bits per heavy atom. The van der Waals surface area contributed by atoms with Gasteiger partial charge in [-0.3, -0.25) is 5.41 Å². The SMILES string of the molecule is CC(C)COc1ccccc1-c1cc(-c2ccc(N)c(C(=N)N)c2)nc(=O)[nH]1. The summed E-state index contributed by atoms with van der Waals surface area (Å²) in [5.41, 5.74) is 14.2. The molecule has 0 aliphatic heterocycles. The van der Waals surface area contributed by atoms with Gasteiger partial charge in [0.25, 0.3) is 0 Å². The average Bonchev–Trinajstić information content (AvgIpc) is 2.66. The first kappa shape index (κ1) is 19.2. The van der Waals surface area contributed by atoms with Gasteiger partial charge in [0.1, 0.15) is 11.6 Å². The fourth-order valence-electron chi connectivity index (χ4n) is 2.77. The predicted octanol–water partition coefficient (Wildman–Crippen LogP) is 3.00. The van der Waals surface area contributed by atoms with E-state index in [4.69, 9.17) is 21.6 Å². The highest BCUT2D eigenvalue weighted by Crippen LogP contribution is 2.30. The van der Waals surface area contributed by atoms with Gasteiger partial charge in [-0.2, -0.15) is 4.98 Å². The van der Waals surface area contributed by atoms with Crippen molar-refractivity contribution in [1.29, 1.82) is 5.41 Å². The average molecular weight is 377 g/mol. The lowest BCUT2D eigenvalue weighted by Gasteiger charge is -2.14. The van der Waals surface area contributed by atoms with Crippen LogP contribution >= 0.6 is 0 Å². The molecule has 7 heteroatoms. The van der Waals surface area contributed by atoms with Gasteiger partial charge < -0.3 is 21.2 Å². The van der Waals surface area contributed by atoms with Crippen molar-refractivity contribution in [2.45, 2.75) is 13.8 Å². The van der Waals surface area contributed by atoms with Crippen LogP contribution in [0.2, 0.25) is 0 Å². The normalized spacial score (nSPS) is 10.8. The summed E-state index contributed by atoms with van der Waals surface area (Å²) in [6.07, 6.45) is 0. The van der Waals surface area contributed by atoms with Crippen LogP contribution in [0.3, 0.4) is 0 Å². The maximum atomic E-state index is 12.2. The Bertz CT molecular complexity index is 1070. The zero-order valence-electron chi connectivity index (χ0n) is 15.8. The molecule has 28 heavy (non-hydrogen) atoms. The Morgan fingerprint density at radius 3 is 2.68 bits per heavy atom. The van der Waals surface area contributed by atoms with Gasteiger partial charge in [-0.1, -0.05) is 32.0 Å². The summed E-state index contributed by atoms with van der Waals surface area (Å²) in [4.78, 5) is 19.1. The first-order valence-corrected chi connectivity index (χ1v) is 8.93. The lowest BCUT2D eigenvalue weighted by Crippen LogP contribution is -2.15. The largest absolute Gasteiger partial charge is 0.493 e. The van der Waals surface area contributed by atoms with E-state index in [9.17, 15) is 4.79 Å². The van der Waals surface area contributed by atoms with Gasteiger partial charge in [-0.05, 0) is 36.2 Å². The highest BCUT2D eigenvalue weighted by atomic mass is 16.5. The standard InChI is InChI=1S/C21H23N5O2/c1-12(2)11-28-19-6-4-3-5-14(19)18-10-17(25-21(27)26-18)13-7-8-16(22)15(9-13)20(23)24/h3-10,12H,11,22H2,1-2H3,(H3,23,24)(H,25,26,27). The van der Waals surface area contributed by atoms with Crippen molar-refractivity contribution in [3.05, 3.63) is 64.6 Å². The minimum absolute atomic E-state index is 0.142. The number of aromatic nitrogens is 2. The molecule has 144 valence electrons. The van der Waals surface area contributed by atoms with Gasteiger partial charge >= 0.3 is 5.69 Å². The molecule has 0 spiro atoms. The molecule has 0 saturated carbocycles. The monoisotopic (exact) mass is 377 g/mol. The highest BCUT2D eigenvalue weighted by molar-refractivity contribution is 6.01. The van der Waals surface area contributed by atoms with Crippen molar-refractivity contribution in [1.82, 2.24) is 9.97 Å². The fourth-order valence-corrected chi connectivity index (χ4v) is 2.77. The summed E-state index contributed by atoms with van der Waals surface area (Å²) < 4.78 is 5.90. The molecule has 0 unspecified atom stereocenters. The maximum Gasteiger partial charge on any atom is 0.345 e. The van der Waals surface area contributed by atoms with Gasteiger partial charge in [0.05, 0.1) is 18.0 Å². The van der Waals surface area contributed by atoms with Crippen LogP contribution in [-0.4, -0.2) is 22.4 Å². The number of H-pyrrole nitrogens is 1. The molecule has 2 aromatic carbocycles. The Kier molecular flexibility index (Phi) is 5.44. The van der Waals surface area contributed by atoms with Gasteiger partial charge in [-0.25, -0.2) is 4.79 Å². The lowest BCUT2D eigenvalue weighted by molar-refractivity contribution is 0.272. The molecule has 6 N–H and O–H groups in total. The van der Waals surface area contributed by atoms with Gasteiger partial charge in [0, 0.05) is 22.4 Å². The minimum Gasteiger partial charge on any atom is -0.493 e. The molecule has 0 radical (unpaired) electrons. The number of aromatic amines is 1. The van der Waals surface area contributed by atoms with E-state index in [1.165, 1.54) is 0 Å². The van der Waals surface area contributed by atoms with E-state index in [1.54, 1.807) is 24.3 Å². The van der Waals surface area contributed by atoms with E-state index in [-0.39, 0.29) is 5.84 Å². The quantitative estimate of drug-likeness (QED) is 0.298. The van der Waals surface area contributed by atoms with E-state index in [1.807, 2.05) is 24.3 Å². The third kappa shape index (κ3) is 4.20. The molecular formula is C21H23N5O2. The first-order chi connectivity index (χ1) is 13.3. The summed E-state index contributed by atoms with van der Waals surface area (Å²) in [6, 6.07) is 14.3. The molecule has 1 heterocycles. The summed E-state index contributed by atoms with van der Waals surface area (Å²) in [5, 5.41) is 7.66. The number of hydrogen-bond acceptors (Lipinski definition) is 5. The van der Waals surface area contributed by atoms with Crippen LogP contribution in [0.1, 0.15) is 19.4 Å². The van der Waals surface area contributed by atoms with E-state index in [0.717, 1.165) is 5.56 Å². The molecule has 0 amide bonds. The van der Waals surface area contributed by atoms with Gasteiger partial charge in [0.15, 0.2) is 0 Å². The van der Waals surface area contributed by atoms with Crippen LogP contribution in [0.15, 0.2) is 53.3 Å². The van der Waals surface area contributed by atoms with Crippen LogP contribution < -0.4 is 21.9 Å². The molecule has 0 aliphatic rings. The van der Waals surface area contributed by atoms with Crippen LogP contribution in [0.5, 0.6) is 5.75 Å². The van der Waals surface area contributed by atoms with Crippen LogP contribution in [0.25, 0.3) is 22.5 Å². The van der Waals surface area contributed by atoms with Gasteiger partial charge in [0.2, 0.25) is 0 Å². The zero-order chi connectivity index (χ0) is 20.3. The number of para-hydroxylation sites is 1. The molecule has 3 aromatic rings. The molecule has 7 nitrogen and oxygen atoms in total. The number of rotatable bonds is 6. The van der Waals surface area contributed by atoms with Crippen LogP contribution in [0, 0.1) is 11.3 Å². The van der Waals surface area contributed by atoms with Crippen LogP contribution in [-0.2, 0) is 0 Å². The third-order valence-corrected chi connectivity index (χ3v) is 4.13. The molecule has 0 saturated heterocycles. The Labute approximate surface area is 162 Å². The Hall–Kier alpha value is -3.61. The van der Waals surface area contributed by atoms with Crippen molar-refractivity contribution in [3.8, 4) is 28.3 Å². The number of nitrogens with one attached hydrogen (secondary N) is 2. The lowest BCUT2D eigenvalue weighted by atomic mass is 10.0. The molecule has 3 rings (SSSR count). The van der Waals surface area contributed by atoms with Crippen molar-refractivity contribution < 1.29 is 4.74 Å². The molecule has 0 aliphatic carbocycles. The smallest absolute Gasteiger partial charge is 0.345 e. The van der Waals surface area contributed by atoms with E-state index in [2.05, 4.69) is 23.8 Å². The van der Waals surface area contributed by atoms with E-state index in [0.29, 0.717) is 46.5 Å². The number of hydrogen-bond donors (Lipinski definition) is 4. The van der Waals surface area contributed by atoms with E-state index >= 15 is 0 Å². The van der Waals surface area contributed by atoms with E-state index < -0.39 is 5.69 Å². The van der Waals surface area contributed by atoms with Crippen LogP contribution in [0.4, 0.5) is 5.69 Å².